The minimum absolute atomic E-state index is 0.0117. The maximum Gasteiger partial charge on any atom is 0.123 e. The topological polar surface area (TPSA) is 41.5 Å². The molecule has 0 spiro atoms. The van der Waals surface area contributed by atoms with Gasteiger partial charge in [-0.15, -0.1) is 0 Å². The second-order valence-electron chi connectivity index (χ2n) is 4.80. The summed E-state index contributed by atoms with van der Waals surface area (Å²) in [7, 11) is 0. The van der Waals surface area contributed by atoms with Gasteiger partial charge in [0.1, 0.15) is 12.4 Å². The van der Waals surface area contributed by atoms with Gasteiger partial charge in [-0.05, 0) is 24.6 Å². The molecule has 0 saturated heterocycles. The fraction of sp³-hybridized carbons (Fsp3) is 0.294. The van der Waals surface area contributed by atoms with Crippen LogP contribution in [-0.4, -0.2) is 18.3 Å². The van der Waals surface area contributed by atoms with Gasteiger partial charge in [-0.2, -0.15) is 0 Å². The Morgan fingerprint density at radius 2 is 1.86 bits per heavy atom. The van der Waals surface area contributed by atoms with Gasteiger partial charge in [0, 0.05) is 23.2 Å². The Kier molecular flexibility index (Phi) is 6.05. The fourth-order valence-corrected chi connectivity index (χ4v) is 2.44. The standard InChI is InChI=1S/C17H20ClNO2/c1-13(15-7-3-4-8-16(15)18)19-12-14-6-2-5-9-17(14)21-11-10-20/h2-9,13,19-20H,10-12H2,1H3. The number of halogens is 1. The van der Waals surface area contributed by atoms with Crippen molar-refractivity contribution in [3.63, 3.8) is 0 Å². The van der Waals surface area contributed by atoms with Gasteiger partial charge in [-0.3, -0.25) is 0 Å². The van der Waals surface area contributed by atoms with Crippen molar-refractivity contribution in [3.8, 4) is 5.75 Å². The van der Waals surface area contributed by atoms with Crippen molar-refractivity contribution in [2.24, 2.45) is 0 Å². The first-order valence-corrected chi connectivity index (χ1v) is 7.39. The normalized spacial score (nSPS) is 12.1. The van der Waals surface area contributed by atoms with Crippen LogP contribution in [0.3, 0.4) is 0 Å². The molecule has 0 amide bonds. The lowest BCUT2D eigenvalue weighted by Crippen LogP contribution is -2.19. The first-order valence-electron chi connectivity index (χ1n) is 7.01. The van der Waals surface area contributed by atoms with Crippen molar-refractivity contribution in [1.29, 1.82) is 0 Å². The Bertz CT molecular complexity index is 574. The molecule has 2 aromatic rings. The van der Waals surface area contributed by atoms with Crippen LogP contribution in [-0.2, 0) is 6.54 Å². The second kappa shape index (κ2) is 8.03. The van der Waals surface area contributed by atoms with Crippen LogP contribution in [0, 0.1) is 0 Å². The molecule has 2 aromatic carbocycles. The summed E-state index contributed by atoms with van der Waals surface area (Å²) < 4.78 is 5.53. The van der Waals surface area contributed by atoms with Crippen LogP contribution in [0.15, 0.2) is 48.5 Å². The quantitative estimate of drug-likeness (QED) is 0.822. The van der Waals surface area contributed by atoms with Crippen LogP contribution in [0.5, 0.6) is 5.75 Å². The predicted octanol–water partition coefficient (Wildman–Crippen LogP) is 3.56. The van der Waals surface area contributed by atoms with Gasteiger partial charge in [-0.1, -0.05) is 48.0 Å². The van der Waals surface area contributed by atoms with Crippen molar-refractivity contribution >= 4 is 11.6 Å². The summed E-state index contributed by atoms with van der Waals surface area (Å²) >= 11 is 6.21. The first kappa shape index (κ1) is 15.8. The van der Waals surface area contributed by atoms with E-state index >= 15 is 0 Å². The zero-order chi connectivity index (χ0) is 15.1. The predicted molar refractivity (Wildman–Crippen MR) is 85.7 cm³/mol. The van der Waals surface area contributed by atoms with E-state index in [1.165, 1.54) is 0 Å². The highest BCUT2D eigenvalue weighted by molar-refractivity contribution is 6.31. The molecular formula is C17H20ClNO2. The molecule has 0 aliphatic carbocycles. The summed E-state index contributed by atoms with van der Waals surface area (Å²) in [5, 5.41) is 13.1. The third kappa shape index (κ3) is 4.46. The van der Waals surface area contributed by atoms with E-state index in [2.05, 4.69) is 12.2 Å². The van der Waals surface area contributed by atoms with Crippen molar-refractivity contribution in [1.82, 2.24) is 5.32 Å². The minimum Gasteiger partial charge on any atom is -0.491 e. The number of benzene rings is 2. The Morgan fingerprint density at radius 3 is 2.62 bits per heavy atom. The van der Waals surface area contributed by atoms with Crippen LogP contribution in [0.4, 0.5) is 0 Å². The highest BCUT2D eigenvalue weighted by Crippen LogP contribution is 2.24. The van der Waals surface area contributed by atoms with Crippen molar-refractivity contribution in [2.75, 3.05) is 13.2 Å². The molecule has 0 aromatic heterocycles. The smallest absolute Gasteiger partial charge is 0.123 e. The Labute approximate surface area is 130 Å². The van der Waals surface area contributed by atoms with Gasteiger partial charge >= 0.3 is 0 Å². The van der Waals surface area contributed by atoms with E-state index in [-0.39, 0.29) is 12.6 Å². The summed E-state index contributed by atoms with van der Waals surface area (Å²) in [6.45, 7) is 3.07. The summed E-state index contributed by atoms with van der Waals surface area (Å²) in [6.07, 6.45) is 0. The van der Waals surface area contributed by atoms with Gasteiger partial charge < -0.3 is 15.2 Å². The second-order valence-corrected chi connectivity index (χ2v) is 5.21. The van der Waals surface area contributed by atoms with E-state index in [0.717, 1.165) is 21.9 Å². The SMILES string of the molecule is CC(NCc1ccccc1OCCO)c1ccccc1Cl. The van der Waals surface area contributed by atoms with Crippen molar-refractivity contribution in [2.45, 2.75) is 19.5 Å². The maximum atomic E-state index is 8.86. The number of para-hydroxylation sites is 1. The fourth-order valence-electron chi connectivity index (χ4n) is 2.15. The van der Waals surface area contributed by atoms with Crippen LogP contribution in [0.1, 0.15) is 24.1 Å². The van der Waals surface area contributed by atoms with Gasteiger partial charge in [0.2, 0.25) is 0 Å². The van der Waals surface area contributed by atoms with Crippen molar-refractivity contribution < 1.29 is 9.84 Å². The monoisotopic (exact) mass is 305 g/mol. The average Bonchev–Trinajstić information content (AvgIpc) is 2.52. The largest absolute Gasteiger partial charge is 0.491 e. The molecule has 1 unspecified atom stereocenters. The highest BCUT2D eigenvalue weighted by Gasteiger charge is 2.10. The molecule has 1 atom stereocenters. The average molecular weight is 306 g/mol. The highest BCUT2D eigenvalue weighted by atomic mass is 35.5. The lowest BCUT2D eigenvalue weighted by Gasteiger charge is -2.17. The van der Waals surface area contributed by atoms with Gasteiger partial charge in [-0.25, -0.2) is 0 Å². The van der Waals surface area contributed by atoms with E-state index in [1.54, 1.807) is 0 Å². The number of ether oxygens (including phenoxy) is 1. The number of hydrogen-bond acceptors (Lipinski definition) is 3. The van der Waals surface area contributed by atoms with E-state index in [0.29, 0.717) is 13.2 Å². The zero-order valence-corrected chi connectivity index (χ0v) is 12.8. The van der Waals surface area contributed by atoms with E-state index < -0.39 is 0 Å². The van der Waals surface area contributed by atoms with E-state index in [9.17, 15) is 0 Å². The summed E-state index contributed by atoms with van der Waals surface area (Å²) in [4.78, 5) is 0. The Balaban J connectivity index is 2.01. The molecule has 2 rings (SSSR count). The lowest BCUT2D eigenvalue weighted by molar-refractivity contribution is 0.200. The molecule has 0 bridgehead atoms. The zero-order valence-electron chi connectivity index (χ0n) is 12.1. The molecule has 0 fully saturated rings. The molecule has 2 N–H and O–H groups in total. The number of aliphatic hydroxyl groups is 1. The van der Waals surface area contributed by atoms with Crippen LogP contribution < -0.4 is 10.1 Å². The summed E-state index contributed by atoms with van der Waals surface area (Å²) in [6, 6.07) is 15.8. The van der Waals surface area contributed by atoms with Crippen LogP contribution >= 0.6 is 11.6 Å². The Hall–Kier alpha value is -1.55. The number of hydrogen-bond donors (Lipinski definition) is 2. The third-order valence-electron chi connectivity index (χ3n) is 3.29. The van der Waals surface area contributed by atoms with Gasteiger partial charge in [0.25, 0.3) is 0 Å². The molecule has 3 nitrogen and oxygen atoms in total. The molecular weight excluding hydrogens is 286 g/mol. The molecule has 0 radical (unpaired) electrons. The Morgan fingerprint density at radius 1 is 1.14 bits per heavy atom. The summed E-state index contributed by atoms with van der Waals surface area (Å²) in [5.74, 6) is 0.797. The minimum atomic E-state index is 0.0117. The van der Waals surface area contributed by atoms with E-state index in [4.69, 9.17) is 21.4 Å². The molecule has 112 valence electrons. The number of aliphatic hydroxyl groups excluding tert-OH is 1. The maximum absolute atomic E-state index is 8.86. The molecule has 0 aliphatic heterocycles. The molecule has 21 heavy (non-hydrogen) atoms. The van der Waals surface area contributed by atoms with Crippen molar-refractivity contribution in [3.05, 3.63) is 64.7 Å². The molecule has 0 aliphatic rings. The third-order valence-corrected chi connectivity index (χ3v) is 3.64. The number of nitrogens with one attached hydrogen (secondary N) is 1. The molecule has 0 heterocycles. The van der Waals surface area contributed by atoms with Crippen LogP contribution in [0.25, 0.3) is 0 Å². The summed E-state index contributed by atoms with van der Waals surface area (Å²) in [5.41, 5.74) is 2.14. The van der Waals surface area contributed by atoms with E-state index in [1.807, 2.05) is 48.5 Å². The van der Waals surface area contributed by atoms with Crippen LogP contribution in [0.2, 0.25) is 5.02 Å². The van der Waals surface area contributed by atoms with Gasteiger partial charge in [0.05, 0.1) is 6.61 Å². The molecule has 0 saturated carbocycles. The number of rotatable bonds is 7. The lowest BCUT2D eigenvalue weighted by atomic mass is 10.1. The van der Waals surface area contributed by atoms with Gasteiger partial charge in [0.15, 0.2) is 0 Å². The first-order chi connectivity index (χ1) is 10.2. The molecule has 4 heteroatoms.